The second-order valence-corrected chi connectivity index (χ2v) is 7.07. The number of carbonyl (C=O) groups is 1. The molecule has 0 aliphatic carbocycles. The molecule has 3 heterocycles. The SMILES string of the molecule is Cc1ccc2c(C)c(C(=O)Nc3nc(-c4ccc(Br)o4)ns3)oc2c1. The molecule has 126 valence electrons. The Kier molecular flexibility index (Phi) is 3.93. The normalized spacial score (nSPS) is 11.2. The van der Waals surface area contributed by atoms with Gasteiger partial charge in [0.05, 0.1) is 0 Å². The number of hydrogen-bond acceptors (Lipinski definition) is 6. The van der Waals surface area contributed by atoms with Crippen LogP contribution in [0, 0.1) is 13.8 Å². The highest BCUT2D eigenvalue weighted by Gasteiger charge is 2.20. The first-order valence-electron chi connectivity index (χ1n) is 7.42. The van der Waals surface area contributed by atoms with Gasteiger partial charge in [0.25, 0.3) is 5.91 Å². The maximum Gasteiger partial charge on any atom is 0.293 e. The number of fused-ring (bicyclic) bond motifs is 1. The molecule has 0 saturated heterocycles. The van der Waals surface area contributed by atoms with Crippen LogP contribution < -0.4 is 5.32 Å². The Morgan fingerprint density at radius 2 is 2.04 bits per heavy atom. The van der Waals surface area contributed by atoms with Gasteiger partial charge in [-0.15, -0.1) is 0 Å². The van der Waals surface area contributed by atoms with E-state index < -0.39 is 0 Å². The lowest BCUT2D eigenvalue weighted by Crippen LogP contribution is -2.11. The van der Waals surface area contributed by atoms with Gasteiger partial charge in [0.15, 0.2) is 16.2 Å². The standard InChI is InChI=1S/C17H12BrN3O3S/c1-8-3-4-10-9(2)14(24-12(10)7-8)16(22)20-17-19-15(21-25-17)11-5-6-13(18)23-11/h3-7H,1-2H3,(H,19,20,21,22). The zero-order chi connectivity index (χ0) is 17.6. The predicted molar refractivity (Wildman–Crippen MR) is 99.0 cm³/mol. The number of carbonyl (C=O) groups excluding carboxylic acids is 1. The molecule has 0 unspecified atom stereocenters. The number of benzene rings is 1. The van der Waals surface area contributed by atoms with Gasteiger partial charge in [-0.3, -0.25) is 10.1 Å². The molecular weight excluding hydrogens is 406 g/mol. The lowest BCUT2D eigenvalue weighted by molar-refractivity contribution is 0.0998. The zero-order valence-electron chi connectivity index (χ0n) is 13.3. The lowest BCUT2D eigenvalue weighted by Gasteiger charge is -1.98. The summed E-state index contributed by atoms with van der Waals surface area (Å²) in [6.45, 7) is 3.84. The summed E-state index contributed by atoms with van der Waals surface area (Å²) in [6.07, 6.45) is 0. The van der Waals surface area contributed by atoms with Crippen molar-refractivity contribution in [2.75, 3.05) is 5.32 Å². The number of nitrogens with zero attached hydrogens (tertiary/aromatic N) is 2. The van der Waals surface area contributed by atoms with Gasteiger partial charge in [-0.25, -0.2) is 0 Å². The third kappa shape index (κ3) is 2.98. The van der Waals surface area contributed by atoms with E-state index in [0.717, 1.165) is 28.0 Å². The highest BCUT2D eigenvalue weighted by atomic mass is 79.9. The number of halogens is 1. The summed E-state index contributed by atoms with van der Waals surface area (Å²) in [6, 6.07) is 9.37. The molecule has 1 aromatic carbocycles. The second-order valence-electron chi connectivity index (χ2n) is 5.54. The molecule has 4 aromatic rings. The average molecular weight is 418 g/mol. The van der Waals surface area contributed by atoms with E-state index in [4.69, 9.17) is 8.83 Å². The molecule has 8 heteroatoms. The maximum atomic E-state index is 12.5. The fourth-order valence-corrected chi connectivity index (χ4v) is 3.39. The number of aromatic nitrogens is 2. The third-order valence-electron chi connectivity index (χ3n) is 3.74. The fourth-order valence-electron chi connectivity index (χ4n) is 2.51. The van der Waals surface area contributed by atoms with Gasteiger partial charge in [0.1, 0.15) is 5.58 Å². The van der Waals surface area contributed by atoms with Crippen molar-refractivity contribution in [3.63, 3.8) is 0 Å². The molecule has 6 nitrogen and oxygen atoms in total. The third-order valence-corrected chi connectivity index (χ3v) is 4.80. The Morgan fingerprint density at radius 3 is 2.80 bits per heavy atom. The van der Waals surface area contributed by atoms with Crippen molar-refractivity contribution >= 4 is 49.5 Å². The predicted octanol–water partition coefficient (Wildman–Crippen LogP) is 5.18. The average Bonchev–Trinajstić information content (AvgIpc) is 3.27. The van der Waals surface area contributed by atoms with Crippen molar-refractivity contribution in [1.82, 2.24) is 9.36 Å². The minimum absolute atomic E-state index is 0.276. The first-order valence-corrected chi connectivity index (χ1v) is 8.98. The molecule has 0 bridgehead atoms. The van der Waals surface area contributed by atoms with Crippen LogP contribution in [0.3, 0.4) is 0 Å². The van der Waals surface area contributed by atoms with Crippen LogP contribution in [0.4, 0.5) is 5.13 Å². The van der Waals surface area contributed by atoms with Crippen LogP contribution in [-0.2, 0) is 0 Å². The highest BCUT2D eigenvalue weighted by Crippen LogP contribution is 2.28. The monoisotopic (exact) mass is 417 g/mol. The van der Waals surface area contributed by atoms with E-state index >= 15 is 0 Å². The second kappa shape index (κ2) is 6.12. The van der Waals surface area contributed by atoms with Gasteiger partial charge in [0.2, 0.25) is 11.0 Å². The Bertz CT molecular complexity index is 1100. The van der Waals surface area contributed by atoms with Gasteiger partial charge in [-0.05, 0) is 53.5 Å². The minimum atomic E-state index is -0.352. The molecule has 3 aromatic heterocycles. The van der Waals surface area contributed by atoms with Crippen LogP contribution in [0.1, 0.15) is 21.7 Å². The summed E-state index contributed by atoms with van der Waals surface area (Å²) < 4.78 is 15.9. The number of amides is 1. The Morgan fingerprint density at radius 1 is 1.20 bits per heavy atom. The largest absolute Gasteiger partial charge is 0.451 e. The van der Waals surface area contributed by atoms with Crippen molar-refractivity contribution in [1.29, 1.82) is 0 Å². The molecule has 1 amide bonds. The highest BCUT2D eigenvalue weighted by molar-refractivity contribution is 9.10. The minimum Gasteiger partial charge on any atom is -0.451 e. The number of rotatable bonds is 3. The van der Waals surface area contributed by atoms with Crippen molar-refractivity contribution < 1.29 is 13.6 Å². The Hall–Kier alpha value is -2.45. The Labute approximate surface area is 155 Å². The maximum absolute atomic E-state index is 12.5. The van der Waals surface area contributed by atoms with E-state index in [0.29, 0.717) is 27.0 Å². The first kappa shape index (κ1) is 16.0. The summed E-state index contributed by atoms with van der Waals surface area (Å²) in [5, 5.41) is 4.03. The number of anilines is 1. The van der Waals surface area contributed by atoms with Crippen LogP contribution >= 0.6 is 27.5 Å². The molecule has 4 rings (SSSR count). The Balaban J connectivity index is 1.60. The molecule has 0 atom stereocenters. The van der Waals surface area contributed by atoms with Gasteiger partial charge < -0.3 is 8.83 Å². The van der Waals surface area contributed by atoms with Crippen molar-refractivity contribution in [2.45, 2.75) is 13.8 Å². The molecule has 25 heavy (non-hydrogen) atoms. The summed E-state index contributed by atoms with van der Waals surface area (Å²) in [5.41, 5.74) is 2.57. The van der Waals surface area contributed by atoms with E-state index in [1.807, 2.05) is 32.0 Å². The summed E-state index contributed by atoms with van der Waals surface area (Å²) >= 11 is 4.32. The number of furan rings is 2. The van der Waals surface area contributed by atoms with Gasteiger partial charge in [0, 0.05) is 22.5 Å². The quantitative estimate of drug-likeness (QED) is 0.496. The summed E-state index contributed by atoms with van der Waals surface area (Å²) in [4.78, 5) is 16.8. The summed E-state index contributed by atoms with van der Waals surface area (Å²) in [7, 11) is 0. The molecule has 1 N–H and O–H groups in total. The van der Waals surface area contributed by atoms with E-state index in [9.17, 15) is 4.79 Å². The molecule has 0 radical (unpaired) electrons. The molecular formula is C17H12BrN3O3S. The molecule has 0 aliphatic heterocycles. The summed E-state index contributed by atoms with van der Waals surface area (Å²) in [5.74, 6) is 0.870. The van der Waals surface area contributed by atoms with Gasteiger partial charge in [-0.2, -0.15) is 9.36 Å². The van der Waals surface area contributed by atoms with Crippen LogP contribution in [0.5, 0.6) is 0 Å². The van der Waals surface area contributed by atoms with Gasteiger partial charge >= 0.3 is 0 Å². The van der Waals surface area contributed by atoms with Crippen molar-refractivity contribution in [3.8, 4) is 11.6 Å². The van der Waals surface area contributed by atoms with Gasteiger partial charge in [-0.1, -0.05) is 12.1 Å². The smallest absolute Gasteiger partial charge is 0.293 e. The number of hydrogen-bond donors (Lipinski definition) is 1. The van der Waals surface area contributed by atoms with Crippen molar-refractivity contribution in [3.05, 3.63) is 51.9 Å². The van der Waals surface area contributed by atoms with E-state index in [1.54, 1.807) is 12.1 Å². The van der Waals surface area contributed by atoms with Crippen LogP contribution in [-0.4, -0.2) is 15.3 Å². The van der Waals surface area contributed by atoms with Crippen LogP contribution in [0.2, 0.25) is 0 Å². The fraction of sp³-hybridized carbons (Fsp3) is 0.118. The van der Waals surface area contributed by atoms with E-state index in [-0.39, 0.29) is 11.7 Å². The lowest BCUT2D eigenvalue weighted by atomic mass is 10.1. The molecule has 0 saturated carbocycles. The van der Waals surface area contributed by atoms with E-state index in [1.165, 1.54) is 0 Å². The van der Waals surface area contributed by atoms with Crippen LogP contribution in [0.25, 0.3) is 22.6 Å². The first-order chi connectivity index (χ1) is 12.0. The van der Waals surface area contributed by atoms with Crippen molar-refractivity contribution in [2.24, 2.45) is 0 Å². The zero-order valence-corrected chi connectivity index (χ0v) is 15.7. The topological polar surface area (TPSA) is 81.2 Å². The number of nitrogens with one attached hydrogen (secondary N) is 1. The molecule has 0 fully saturated rings. The van der Waals surface area contributed by atoms with Crippen LogP contribution in [0.15, 0.2) is 43.8 Å². The molecule has 0 aliphatic rings. The number of aryl methyl sites for hydroxylation is 2. The van der Waals surface area contributed by atoms with E-state index in [2.05, 4.69) is 30.6 Å². The molecule has 0 spiro atoms.